The molecule has 2 rings (SSSR count). The molecule has 0 saturated heterocycles. The third kappa shape index (κ3) is 3.79. The van der Waals surface area contributed by atoms with Crippen molar-refractivity contribution in [2.45, 2.75) is 17.1 Å². The fourth-order valence-electron chi connectivity index (χ4n) is 1.66. The second-order valence-corrected chi connectivity index (χ2v) is 5.80. The maximum atomic E-state index is 13.5. The van der Waals surface area contributed by atoms with Crippen molar-refractivity contribution < 1.29 is 22.4 Å². The average Bonchev–Trinajstić information content (AvgIpc) is 2.45. The highest BCUT2D eigenvalue weighted by molar-refractivity contribution is 8.00. The fourth-order valence-corrected chi connectivity index (χ4v) is 2.52. The van der Waals surface area contributed by atoms with Crippen molar-refractivity contribution in [2.24, 2.45) is 0 Å². The normalized spacial score (nSPS) is 12.0. The highest BCUT2D eigenvalue weighted by Crippen LogP contribution is 2.28. The lowest BCUT2D eigenvalue weighted by molar-refractivity contribution is -0.115. The predicted molar refractivity (Wildman–Crippen MR) is 76.7 cm³/mol. The van der Waals surface area contributed by atoms with Crippen LogP contribution in [0, 0.1) is 23.3 Å². The lowest BCUT2D eigenvalue weighted by Crippen LogP contribution is -2.23. The Morgan fingerprint density at radius 1 is 1.05 bits per heavy atom. The molecule has 7 heteroatoms. The molecule has 2 aromatic rings. The summed E-state index contributed by atoms with van der Waals surface area (Å²) in [5, 5.41) is 1.29. The molecule has 0 aliphatic rings. The number of benzene rings is 2. The topological polar surface area (TPSA) is 29.1 Å². The van der Waals surface area contributed by atoms with Gasteiger partial charge in [-0.25, -0.2) is 17.6 Å². The molecule has 0 unspecified atom stereocenters. The number of rotatable bonds is 4. The molecule has 0 aliphatic heterocycles. The first-order valence-corrected chi connectivity index (χ1v) is 7.13. The van der Waals surface area contributed by atoms with Gasteiger partial charge in [-0.3, -0.25) is 4.79 Å². The SMILES string of the molecule is C[C@@H](Sc1ccc(F)cc1F)C(=O)Nc1c(F)cccc1F. The Balaban J connectivity index is 2.09. The van der Waals surface area contributed by atoms with Crippen LogP contribution in [-0.4, -0.2) is 11.2 Å². The monoisotopic (exact) mass is 329 g/mol. The molecule has 1 amide bonds. The second-order valence-electron chi connectivity index (χ2n) is 4.42. The third-order valence-electron chi connectivity index (χ3n) is 2.78. The number of carbonyl (C=O) groups excluding carboxylic acids is 1. The minimum absolute atomic E-state index is 0.0676. The standard InChI is InChI=1S/C15H11F4NOS/c1-8(22-13-6-5-9(16)7-12(13)19)15(21)20-14-10(17)3-2-4-11(14)18/h2-8H,1H3,(H,20,21)/t8-/m1/s1. The first kappa shape index (κ1) is 16.4. The number of nitrogens with one attached hydrogen (secondary N) is 1. The van der Waals surface area contributed by atoms with Crippen molar-refractivity contribution >= 4 is 23.4 Å². The van der Waals surface area contributed by atoms with Crippen LogP contribution in [0.2, 0.25) is 0 Å². The van der Waals surface area contributed by atoms with Gasteiger partial charge in [-0.1, -0.05) is 6.07 Å². The van der Waals surface area contributed by atoms with E-state index in [2.05, 4.69) is 5.32 Å². The molecule has 2 nitrogen and oxygen atoms in total. The summed E-state index contributed by atoms with van der Waals surface area (Å²) in [6.45, 7) is 1.45. The fraction of sp³-hybridized carbons (Fsp3) is 0.133. The molecule has 0 radical (unpaired) electrons. The maximum absolute atomic E-state index is 13.5. The van der Waals surface area contributed by atoms with E-state index in [9.17, 15) is 22.4 Å². The molecular weight excluding hydrogens is 318 g/mol. The summed E-state index contributed by atoms with van der Waals surface area (Å²) in [7, 11) is 0. The van der Waals surface area contributed by atoms with Crippen LogP contribution in [0.15, 0.2) is 41.3 Å². The molecule has 0 aromatic heterocycles. The number of carbonyl (C=O) groups is 1. The Morgan fingerprint density at radius 2 is 1.68 bits per heavy atom. The van der Waals surface area contributed by atoms with E-state index in [1.165, 1.54) is 19.1 Å². The molecule has 0 saturated carbocycles. The second kappa shape index (κ2) is 6.83. The third-order valence-corrected chi connectivity index (χ3v) is 3.93. The van der Waals surface area contributed by atoms with Gasteiger partial charge < -0.3 is 5.32 Å². The molecular formula is C15H11F4NOS. The Morgan fingerprint density at radius 3 is 2.27 bits per heavy atom. The van der Waals surface area contributed by atoms with E-state index >= 15 is 0 Å². The van der Waals surface area contributed by atoms with Gasteiger partial charge in [-0.2, -0.15) is 0 Å². The lowest BCUT2D eigenvalue weighted by Gasteiger charge is -2.13. The summed E-state index contributed by atoms with van der Waals surface area (Å²) in [5.41, 5.74) is -0.556. The minimum Gasteiger partial charge on any atom is -0.320 e. The number of hydrogen-bond acceptors (Lipinski definition) is 2. The highest BCUT2D eigenvalue weighted by Gasteiger charge is 2.19. The Labute approximate surface area is 128 Å². The van der Waals surface area contributed by atoms with Crippen LogP contribution in [0.5, 0.6) is 0 Å². The average molecular weight is 329 g/mol. The van der Waals surface area contributed by atoms with Gasteiger partial charge in [0, 0.05) is 11.0 Å². The Hall–Kier alpha value is -2.02. The molecule has 0 spiro atoms. The van der Waals surface area contributed by atoms with Crippen LogP contribution in [0.4, 0.5) is 23.2 Å². The first-order valence-electron chi connectivity index (χ1n) is 6.25. The summed E-state index contributed by atoms with van der Waals surface area (Å²) in [6.07, 6.45) is 0. The highest BCUT2D eigenvalue weighted by atomic mass is 32.2. The lowest BCUT2D eigenvalue weighted by atomic mass is 10.3. The van der Waals surface area contributed by atoms with Crippen molar-refractivity contribution in [2.75, 3.05) is 5.32 Å². The van der Waals surface area contributed by atoms with Gasteiger partial charge in [0.15, 0.2) is 0 Å². The Kier molecular flexibility index (Phi) is 5.07. The molecule has 0 bridgehead atoms. The number of anilines is 1. The number of hydrogen-bond donors (Lipinski definition) is 1. The quantitative estimate of drug-likeness (QED) is 0.667. The number of thioether (sulfide) groups is 1. The molecule has 0 fully saturated rings. The molecule has 0 aliphatic carbocycles. The summed E-state index contributed by atoms with van der Waals surface area (Å²) >= 11 is 0.819. The van der Waals surface area contributed by atoms with Gasteiger partial charge in [0.25, 0.3) is 0 Å². The van der Waals surface area contributed by atoms with Crippen LogP contribution in [0.1, 0.15) is 6.92 Å². The van der Waals surface area contributed by atoms with E-state index in [0.717, 1.165) is 30.0 Å². The number of halogens is 4. The summed E-state index contributed by atoms with van der Waals surface area (Å²) in [5.74, 6) is -4.04. The van der Waals surface area contributed by atoms with Gasteiger partial charge in [-0.05, 0) is 31.2 Å². The first-order chi connectivity index (χ1) is 10.4. The molecule has 2 aromatic carbocycles. The molecule has 22 heavy (non-hydrogen) atoms. The van der Waals surface area contributed by atoms with Gasteiger partial charge >= 0.3 is 0 Å². The van der Waals surface area contributed by atoms with Crippen LogP contribution >= 0.6 is 11.8 Å². The van der Waals surface area contributed by atoms with Crippen molar-refractivity contribution in [3.8, 4) is 0 Å². The maximum Gasteiger partial charge on any atom is 0.237 e. The zero-order valence-corrected chi connectivity index (χ0v) is 12.2. The summed E-state index contributed by atoms with van der Waals surface area (Å²) < 4.78 is 53.2. The van der Waals surface area contributed by atoms with Gasteiger partial charge in [0.2, 0.25) is 5.91 Å². The Bertz CT molecular complexity index is 688. The van der Waals surface area contributed by atoms with E-state index < -0.39 is 40.1 Å². The van der Waals surface area contributed by atoms with E-state index in [-0.39, 0.29) is 4.90 Å². The molecule has 0 heterocycles. The smallest absolute Gasteiger partial charge is 0.237 e. The molecule has 1 N–H and O–H groups in total. The van der Waals surface area contributed by atoms with Crippen molar-refractivity contribution in [3.63, 3.8) is 0 Å². The van der Waals surface area contributed by atoms with Crippen LogP contribution in [0.3, 0.4) is 0 Å². The molecule has 116 valence electrons. The van der Waals surface area contributed by atoms with Crippen LogP contribution in [-0.2, 0) is 4.79 Å². The van der Waals surface area contributed by atoms with E-state index in [1.807, 2.05) is 0 Å². The van der Waals surface area contributed by atoms with Crippen molar-refractivity contribution in [1.29, 1.82) is 0 Å². The van der Waals surface area contributed by atoms with Gasteiger partial charge in [0.1, 0.15) is 29.0 Å². The zero-order valence-electron chi connectivity index (χ0n) is 11.4. The largest absolute Gasteiger partial charge is 0.320 e. The predicted octanol–water partition coefficient (Wildman–Crippen LogP) is 4.36. The summed E-state index contributed by atoms with van der Waals surface area (Å²) in [4.78, 5) is 12.0. The number of amides is 1. The van der Waals surface area contributed by atoms with Crippen molar-refractivity contribution in [3.05, 3.63) is 59.7 Å². The summed E-state index contributed by atoms with van der Waals surface area (Å²) in [6, 6.07) is 6.15. The van der Waals surface area contributed by atoms with Crippen molar-refractivity contribution in [1.82, 2.24) is 0 Å². The van der Waals surface area contributed by atoms with Gasteiger partial charge in [0.05, 0.1) is 5.25 Å². The van der Waals surface area contributed by atoms with E-state index in [0.29, 0.717) is 6.07 Å². The van der Waals surface area contributed by atoms with E-state index in [1.54, 1.807) is 0 Å². The van der Waals surface area contributed by atoms with Crippen LogP contribution < -0.4 is 5.32 Å². The van der Waals surface area contributed by atoms with E-state index in [4.69, 9.17) is 0 Å². The zero-order chi connectivity index (χ0) is 16.3. The minimum atomic E-state index is -0.904. The van der Waals surface area contributed by atoms with Crippen LogP contribution in [0.25, 0.3) is 0 Å². The molecule has 1 atom stereocenters. The van der Waals surface area contributed by atoms with Gasteiger partial charge in [-0.15, -0.1) is 11.8 Å². The number of para-hydroxylation sites is 1.